The van der Waals surface area contributed by atoms with E-state index >= 15 is 0 Å². The van der Waals surface area contributed by atoms with Crippen molar-refractivity contribution in [3.05, 3.63) is 53.1 Å². The highest BCUT2D eigenvalue weighted by Crippen LogP contribution is 2.25. The van der Waals surface area contributed by atoms with E-state index in [0.29, 0.717) is 34.1 Å². The Labute approximate surface area is 148 Å². The summed E-state index contributed by atoms with van der Waals surface area (Å²) in [5.74, 6) is 1.34. The Morgan fingerprint density at radius 2 is 1.62 bits per heavy atom. The van der Waals surface area contributed by atoms with E-state index in [0.717, 1.165) is 4.90 Å². The van der Waals surface area contributed by atoms with Crippen molar-refractivity contribution in [2.45, 2.75) is 30.6 Å². The van der Waals surface area contributed by atoms with Gasteiger partial charge in [0.25, 0.3) is 0 Å². The minimum Gasteiger partial charge on any atom is -0.497 e. The molecule has 0 saturated carbocycles. The fourth-order valence-corrected chi connectivity index (χ4v) is 4.88. The summed E-state index contributed by atoms with van der Waals surface area (Å²) in [5, 5.41) is 0. The molecular weight excluding hydrogens is 342 g/mol. The van der Waals surface area contributed by atoms with Crippen LogP contribution in [-0.2, 0) is 10.0 Å². The van der Waals surface area contributed by atoms with Gasteiger partial charge < -0.3 is 4.74 Å². The lowest BCUT2D eigenvalue weighted by atomic mass is 10.1. The molecule has 1 N–H and O–H groups in total. The molecule has 0 fully saturated rings. The first-order valence-electron chi connectivity index (χ1n) is 7.68. The Morgan fingerprint density at radius 1 is 1.04 bits per heavy atom. The van der Waals surface area contributed by atoms with E-state index in [1.807, 2.05) is 19.1 Å². The van der Waals surface area contributed by atoms with Gasteiger partial charge in [-0.1, -0.05) is 17.7 Å². The molecule has 0 amide bonds. The van der Waals surface area contributed by atoms with Gasteiger partial charge in [0, 0.05) is 17.2 Å². The summed E-state index contributed by atoms with van der Waals surface area (Å²) in [6, 6.07) is 11.7. The third-order valence-corrected chi connectivity index (χ3v) is 6.40. The summed E-state index contributed by atoms with van der Waals surface area (Å²) in [7, 11) is -1.95. The first kappa shape index (κ1) is 18.8. The van der Waals surface area contributed by atoms with Crippen molar-refractivity contribution >= 4 is 21.8 Å². The maximum atomic E-state index is 12.6. The molecule has 2 aromatic rings. The number of hydrogen-bond acceptors (Lipinski definition) is 4. The Kier molecular flexibility index (Phi) is 6.32. The lowest BCUT2D eigenvalue weighted by Crippen LogP contribution is -2.27. The molecule has 2 rings (SSSR count). The molecule has 0 saturated heterocycles. The van der Waals surface area contributed by atoms with Crippen LogP contribution in [0, 0.1) is 20.8 Å². The van der Waals surface area contributed by atoms with Gasteiger partial charge in [-0.05, 0) is 56.2 Å². The molecule has 0 aliphatic heterocycles. The Morgan fingerprint density at radius 3 is 2.17 bits per heavy atom. The molecule has 0 aliphatic rings. The fourth-order valence-electron chi connectivity index (χ4n) is 2.50. The third kappa shape index (κ3) is 4.75. The normalized spacial score (nSPS) is 11.5. The van der Waals surface area contributed by atoms with Gasteiger partial charge >= 0.3 is 0 Å². The van der Waals surface area contributed by atoms with Gasteiger partial charge in [-0.3, -0.25) is 0 Å². The number of rotatable bonds is 7. The standard InChI is InChI=1S/C18H23NO3S2/c1-13-5-7-17(8-6-13)23-10-9-19-24(20,21)18-14(2)11-16(22-4)12-15(18)3/h5-8,11-12,19H,9-10H2,1-4H3. The summed E-state index contributed by atoms with van der Waals surface area (Å²) in [6.45, 7) is 5.99. The molecule has 0 heterocycles. The molecule has 2 aromatic carbocycles. The highest BCUT2D eigenvalue weighted by molar-refractivity contribution is 7.99. The van der Waals surface area contributed by atoms with Crippen LogP contribution in [0.5, 0.6) is 5.75 Å². The highest BCUT2D eigenvalue weighted by Gasteiger charge is 2.19. The molecule has 4 nitrogen and oxygen atoms in total. The molecule has 0 aromatic heterocycles. The second-order valence-electron chi connectivity index (χ2n) is 5.65. The monoisotopic (exact) mass is 365 g/mol. The van der Waals surface area contributed by atoms with Crippen molar-refractivity contribution in [2.75, 3.05) is 19.4 Å². The van der Waals surface area contributed by atoms with Crippen LogP contribution in [0.15, 0.2) is 46.2 Å². The van der Waals surface area contributed by atoms with Crippen molar-refractivity contribution in [2.24, 2.45) is 0 Å². The number of methoxy groups -OCH3 is 1. The van der Waals surface area contributed by atoms with E-state index in [-0.39, 0.29) is 0 Å². The number of ether oxygens (including phenoxy) is 1. The highest BCUT2D eigenvalue weighted by atomic mass is 32.2. The fraction of sp³-hybridized carbons (Fsp3) is 0.333. The van der Waals surface area contributed by atoms with Gasteiger partial charge in [0.15, 0.2) is 0 Å². The summed E-state index contributed by atoms with van der Waals surface area (Å²) < 4.78 is 33.0. The van der Waals surface area contributed by atoms with E-state index in [1.165, 1.54) is 5.56 Å². The zero-order valence-corrected chi connectivity index (χ0v) is 16.1. The van der Waals surface area contributed by atoms with E-state index in [2.05, 4.69) is 16.9 Å². The smallest absolute Gasteiger partial charge is 0.241 e. The molecule has 0 bridgehead atoms. The van der Waals surface area contributed by atoms with Crippen LogP contribution in [-0.4, -0.2) is 27.8 Å². The predicted molar refractivity (Wildman–Crippen MR) is 99.6 cm³/mol. The van der Waals surface area contributed by atoms with E-state index in [9.17, 15) is 8.42 Å². The lowest BCUT2D eigenvalue weighted by Gasteiger charge is -2.13. The van der Waals surface area contributed by atoms with Gasteiger partial charge in [-0.15, -0.1) is 11.8 Å². The van der Waals surface area contributed by atoms with Crippen LogP contribution in [0.1, 0.15) is 16.7 Å². The molecule has 0 spiro atoms. The Hall–Kier alpha value is -1.50. The van der Waals surface area contributed by atoms with Crippen molar-refractivity contribution in [3.63, 3.8) is 0 Å². The average Bonchev–Trinajstić information content (AvgIpc) is 2.52. The van der Waals surface area contributed by atoms with Crippen molar-refractivity contribution < 1.29 is 13.2 Å². The molecular formula is C18H23NO3S2. The van der Waals surface area contributed by atoms with Crippen molar-refractivity contribution in [3.8, 4) is 5.75 Å². The Balaban J connectivity index is 2.00. The van der Waals surface area contributed by atoms with Gasteiger partial charge in [-0.25, -0.2) is 13.1 Å². The maximum Gasteiger partial charge on any atom is 0.241 e. The van der Waals surface area contributed by atoms with E-state index < -0.39 is 10.0 Å². The number of sulfonamides is 1. The van der Waals surface area contributed by atoms with Crippen LogP contribution in [0.4, 0.5) is 0 Å². The minimum atomic E-state index is -3.53. The average molecular weight is 366 g/mol. The quantitative estimate of drug-likeness (QED) is 0.600. The Bertz CT molecular complexity index is 777. The first-order valence-corrected chi connectivity index (χ1v) is 10.1. The SMILES string of the molecule is COc1cc(C)c(S(=O)(=O)NCCSc2ccc(C)cc2)c(C)c1. The zero-order chi connectivity index (χ0) is 17.7. The molecule has 6 heteroatoms. The van der Waals surface area contributed by atoms with Crippen LogP contribution in [0.3, 0.4) is 0 Å². The van der Waals surface area contributed by atoms with Gasteiger partial charge in [0.1, 0.15) is 5.75 Å². The minimum absolute atomic E-state index is 0.337. The second-order valence-corrected chi connectivity index (χ2v) is 8.52. The predicted octanol–water partition coefficient (Wildman–Crippen LogP) is 3.69. The van der Waals surface area contributed by atoms with Crippen LogP contribution in [0.25, 0.3) is 0 Å². The van der Waals surface area contributed by atoms with Crippen LogP contribution in [0.2, 0.25) is 0 Å². The summed E-state index contributed by atoms with van der Waals surface area (Å²) in [6.07, 6.45) is 0. The van der Waals surface area contributed by atoms with E-state index in [4.69, 9.17) is 4.74 Å². The number of hydrogen-bond donors (Lipinski definition) is 1. The zero-order valence-electron chi connectivity index (χ0n) is 14.4. The number of aryl methyl sites for hydroxylation is 3. The van der Waals surface area contributed by atoms with Crippen LogP contribution >= 0.6 is 11.8 Å². The maximum absolute atomic E-state index is 12.6. The third-order valence-electron chi connectivity index (χ3n) is 3.62. The van der Waals surface area contributed by atoms with Crippen LogP contribution < -0.4 is 9.46 Å². The van der Waals surface area contributed by atoms with E-state index in [1.54, 1.807) is 44.9 Å². The topological polar surface area (TPSA) is 55.4 Å². The molecule has 0 atom stereocenters. The lowest BCUT2D eigenvalue weighted by molar-refractivity contribution is 0.413. The number of benzene rings is 2. The number of nitrogens with one attached hydrogen (secondary N) is 1. The van der Waals surface area contributed by atoms with Gasteiger partial charge in [-0.2, -0.15) is 0 Å². The summed E-state index contributed by atoms with van der Waals surface area (Å²) >= 11 is 1.63. The van der Waals surface area contributed by atoms with Gasteiger partial charge in [0.05, 0.1) is 12.0 Å². The summed E-state index contributed by atoms with van der Waals surface area (Å²) in [5.41, 5.74) is 2.58. The molecule has 0 radical (unpaired) electrons. The molecule has 0 unspecified atom stereocenters. The largest absolute Gasteiger partial charge is 0.497 e. The molecule has 0 aliphatic carbocycles. The molecule has 24 heavy (non-hydrogen) atoms. The number of thioether (sulfide) groups is 1. The van der Waals surface area contributed by atoms with Gasteiger partial charge in [0.2, 0.25) is 10.0 Å². The second kappa shape index (κ2) is 8.05. The summed E-state index contributed by atoms with van der Waals surface area (Å²) in [4.78, 5) is 1.47. The first-order chi connectivity index (χ1) is 11.3. The van der Waals surface area contributed by atoms with Crippen molar-refractivity contribution in [1.29, 1.82) is 0 Å². The van der Waals surface area contributed by atoms with Crippen molar-refractivity contribution in [1.82, 2.24) is 4.72 Å². The molecule has 130 valence electrons.